The SMILES string of the molecule is Cc1ccc(COc2ccc(/C=C3\SC(=S)N([C@H](C)c4ccccc4)C3=O)cc2)cc1. The second-order valence-corrected chi connectivity index (χ2v) is 9.16. The summed E-state index contributed by atoms with van der Waals surface area (Å²) in [6.07, 6.45) is 1.89. The minimum Gasteiger partial charge on any atom is -0.489 e. The molecule has 156 valence electrons. The Balaban J connectivity index is 1.43. The smallest absolute Gasteiger partial charge is 0.266 e. The largest absolute Gasteiger partial charge is 0.489 e. The van der Waals surface area contributed by atoms with Gasteiger partial charge in [-0.05, 0) is 48.7 Å². The van der Waals surface area contributed by atoms with Gasteiger partial charge in [0.1, 0.15) is 16.7 Å². The number of hydrogen-bond acceptors (Lipinski definition) is 4. The van der Waals surface area contributed by atoms with Crippen LogP contribution in [0.3, 0.4) is 0 Å². The molecule has 1 atom stereocenters. The molecule has 3 aromatic carbocycles. The van der Waals surface area contributed by atoms with Crippen LogP contribution in [0.5, 0.6) is 5.75 Å². The lowest BCUT2D eigenvalue weighted by atomic mass is 10.1. The molecule has 0 spiro atoms. The molecule has 0 radical (unpaired) electrons. The minimum atomic E-state index is -0.0999. The van der Waals surface area contributed by atoms with E-state index in [0.717, 1.165) is 22.4 Å². The summed E-state index contributed by atoms with van der Waals surface area (Å²) < 4.78 is 6.46. The zero-order chi connectivity index (χ0) is 21.8. The number of carbonyl (C=O) groups is 1. The molecule has 0 bridgehead atoms. The summed E-state index contributed by atoms with van der Waals surface area (Å²) in [7, 11) is 0. The van der Waals surface area contributed by atoms with E-state index in [-0.39, 0.29) is 11.9 Å². The van der Waals surface area contributed by atoms with Gasteiger partial charge < -0.3 is 4.74 Å². The van der Waals surface area contributed by atoms with Gasteiger partial charge in [-0.1, -0.05) is 96.3 Å². The van der Waals surface area contributed by atoms with Gasteiger partial charge in [-0.25, -0.2) is 0 Å². The molecule has 4 rings (SSSR count). The predicted octanol–water partition coefficient (Wildman–Crippen LogP) is 6.54. The molecule has 0 saturated carbocycles. The molecule has 3 nitrogen and oxygen atoms in total. The second kappa shape index (κ2) is 9.50. The molecule has 1 heterocycles. The molecule has 0 unspecified atom stereocenters. The summed E-state index contributed by atoms with van der Waals surface area (Å²) in [6.45, 7) is 4.60. The van der Waals surface area contributed by atoms with Crippen LogP contribution < -0.4 is 4.74 Å². The van der Waals surface area contributed by atoms with Crippen LogP contribution in [0.4, 0.5) is 0 Å². The summed E-state index contributed by atoms with van der Waals surface area (Å²) in [6, 6.07) is 25.9. The van der Waals surface area contributed by atoms with E-state index in [1.54, 1.807) is 4.90 Å². The minimum absolute atomic E-state index is 0.0500. The van der Waals surface area contributed by atoms with Crippen molar-refractivity contribution in [1.82, 2.24) is 4.90 Å². The van der Waals surface area contributed by atoms with Crippen molar-refractivity contribution in [2.45, 2.75) is 26.5 Å². The highest BCUT2D eigenvalue weighted by Crippen LogP contribution is 2.38. The van der Waals surface area contributed by atoms with Crippen molar-refractivity contribution in [1.29, 1.82) is 0 Å². The highest BCUT2D eigenvalue weighted by atomic mass is 32.2. The summed E-state index contributed by atoms with van der Waals surface area (Å²) in [4.78, 5) is 15.3. The number of ether oxygens (including phenoxy) is 1. The van der Waals surface area contributed by atoms with Crippen molar-refractivity contribution in [3.63, 3.8) is 0 Å². The summed E-state index contributed by atoms with van der Waals surface area (Å²) in [5.74, 6) is 0.744. The Morgan fingerprint density at radius 1 is 1.00 bits per heavy atom. The molecule has 0 N–H and O–H groups in total. The molecular formula is C26H23NO2S2. The van der Waals surface area contributed by atoms with Gasteiger partial charge in [-0.3, -0.25) is 9.69 Å². The van der Waals surface area contributed by atoms with Gasteiger partial charge in [0.05, 0.1) is 10.9 Å². The maximum absolute atomic E-state index is 13.0. The topological polar surface area (TPSA) is 29.5 Å². The van der Waals surface area contributed by atoms with E-state index in [9.17, 15) is 4.79 Å². The molecular weight excluding hydrogens is 422 g/mol. The Morgan fingerprint density at radius 3 is 2.35 bits per heavy atom. The average molecular weight is 446 g/mol. The first-order valence-electron chi connectivity index (χ1n) is 10.1. The van der Waals surface area contributed by atoms with E-state index in [1.807, 2.05) is 67.6 Å². The van der Waals surface area contributed by atoms with Crippen molar-refractivity contribution in [2.75, 3.05) is 0 Å². The summed E-state index contributed by atoms with van der Waals surface area (Å²) in [5, 5.41) is 0. The van der Waals surface area contributed by atoms with Gasteiger partial charge in [-0.2, -0.15) is 0 Å². The van der Waals surface area contributed by atoms with Gasteiger partial charge in [0.2, 0.25) is 0 Å². The van der Waals surface area contributed by atoms with Crippen LogP contribution in [-0.2, 0) is 11.4 Å². The van der Waals surface area contributed by atoms with Gasteiger partial charge in [-0.15, -0.1) is 0 Å². The quantitative estimate of drug-likeness (QED) is 0.318. The molecule has 5 heteroatoms. The highest BCUT2D eigenvalue weighted by Gasteiger charge is 2.35. The lowest BCUT2D eigenvalue weighted by Gasteiger charge is -2.23. The van der Waals surface area contributed by atoms with Crippen LogP contribution >= 0.6 is 24.0 Å². The number of thioether (sulfide) groups is 1. The molecule has 1 aliphatic rings. The molecule has 1 aliphatic heterocycles. The van der Waals surface area contributed by atoms with E-state index in [1.165, 1.54) is 17.3 Å². The molecule has 1 fully saturated rings. The number of aryl methyl sites for hydroxylation is 1. The van der Waals surface area contributed by atoms with Crippen LogP contribution in [0.1, 0.15) is 35.2 Å². The van der Waals surface area contributed by atoms with Crippen molar-refractivity contribution >= 4 is 40.3 Å². The molecule has 1 saturated heterocycles. The van der Waals surface area contributed by atoms with Gasteiger partial charge in [0, 0.05) is 0 Å². The molecule has 1 amide bonds. The first kappa shape index (κ1) is 21.3. The Bertz CT molecular complexity index is 1110. The van der Waals surface area contributed by atoms with Crippen LogP contribution in [0.15, 0.2) is 83.8 Å². The summed E-state index contributed by atoms with van der Waals surface area (Å²) in [5.41, 5.74) is 4.37. The third-order valence-electron chi connectivity index (χ3n) is 5.20. The Kier molecular flexibility index (Phi) is 6.54. The van der Waals surface area contributed by atoms with E-state index < -0.39 is 0 Å². The fourth-order valence-corrected chi connectivity index (χ4v) is 4.78. The maximum atomic E-state index is 13.0. The van der Waals surface area contributed by atoms with Crippen LogP contribution in [0, 0.1) is 6.92 Å². The number of carbonyl (C=O) groups excluding carboxylic acids is 1. The summed E-state index contributed by atoms with van der Waals surface area (Å²) >= 11 is 6.85. The van der Waals surface area contributed by atoms with E-state index in [4.69, 9.17) is 17.0 Å². The lowest BCUT2D eigenvalue weighted by molar-refractivity contribution is -0.123. The van der Waals surface area contributed by atoms with E-state index >= 15 is 0 Å². The van der Waals surface area contributed by atoms with Crippen molar-refractivity contribution in [3.8, 4) is 5.75 Å². The lowest BCUT2D eigenvalue weighted by Crippen LogP contribution is -2.30. The maximum Gasteiger partial charge on any atom is 0.266 e. The third-order valence-corrected chi connectivity index (χ3v) is 6.53. The van der Waals surface area contributed by atoms with Crippen LogP contribution in [0.25, 0.3) is 6.08 Å². The number of thiocarbonyl (C=S) groups is 1. The third kappa shape index (κ3) is 5.06. The van der Waals surface area contributed by atoms with Gasteiger partial charge in [0.15, 0.2) is 0 Å². The first-order chi connectivity index (χ1) is 15.0. The molecule has 0 aliphatic carbocycles. The van der Waals surface area contributed by atoms with Gasteiger partial charge in [0.25, 0.3) is 5.91 Å². The number of rotatable bonds is 6. The standard InChI is InChI=1S/C26H23NO2S2/c1-18-8-10-21(11-9-18)17-29-23-14-12-20(13-15-23)16-24-25(28)27(26(30)31-24)19(2)22-6-4-3-5-7-22/h3-16,19H,17H2,1-2H3/b24-16-/t19-/m1/s1. The zero-order valence-electron chi connectivity index (χ0n) is 17.4. The average Bonchev–Trinajstić information content (AvgIpc) is 3.07. The fraction of sp³-hybridized carbons (Fsp3) is 0.154. The number of hydrogen-bond donors (Lipinski definition) is 0. The van der Waals surface area contributed by atoms with E-state index in [2.05, 4.69) is 31.2 Å². The highest BCUT2D eigenvalue weighted by molar-refractivity contribution is 8.26. The molecule has 0 aromatic heterocycles. The monoisotopic (exact) mass is 445 g/mol. The van der Waals surface area contributed by atoms with Crippen molar-refractivity contribution in [2.24, 2.45) is 0 Å². The zero-order valence-corrected chi connectivity index (χ0v) is 19.1. The normalized spacial score (nSPS) is 16.1. The van der Waals surface area contributed by atoms with E-state index in [0.29, 0.717) is 15.8 Å². The fourth-order valence-electron chi connectivity index (χ4n) is 3.36. The second-order valence-electron chi connectivity index (χ2n) is 7.48. The Labute approximate surface area is 192 Å². The van der Waals surface area contributed by atoms with Crippen LogP contribution in [-0.4, -0.2) is 15.1 Å². The Hall–Kier alpha value is -2.89. The van der Waals surface area contributed by atoms with Crippen molar-refractivity contribution < 1.29 is 9.53 Å². The molecule has 31 heavy (non-hydrogen) atoms. The number of amides is 1. The number of nitrogens with zero attached hydrogens (tertiary/aromatic N) is 1. The Morgan fingerprint density at radius 2 is 1.68 bits per heavy atom. The van der Waals surface area contributed by atoms with Crippen molar-refractivity contribution in [3.05, 3.63) is 106 Å². The molecule has 3 aromatic rings. The predicted molar refractivity (Wildman–Crippen MR) is 132 cm³/mol. The number of benzene rings is 3. The van der Waals surface area contributed by atoms with Crippen LogP contribution in [0.2, 0.25) is 0 Å². The first-order valence-corrected chi connectivity index (χ1v) is 11.3. The van der Waals surface area contributed by atoms with Gasteiger partial charge >= 0.3 is 0 Å².